The molecule has 0 aliphatic rings. The second-order valence-corrected chi connectivity index (χ2v) is 6.37. The van der Waals surface area contributed by atoms with Crippen molar-refractivity contribution in [3.05, 3.63) is 40.5 Å². The molecule has 1 aromatic carbocycles. The van der Waals surface area contributed by atoms with Crippen molar-refractivity contribution in [2.75, 3.05) is 13.1 Å². The van der Waals surface area contributed by atoms with Gasteiger partial charge in [0, 0.05) is 16.6 Å². The van der Waals surface area contributed by atoms with Gasteiger partial charge in [-0.3, -0.25) is 9.88 Å². The number of hydrogen-bond donors (Lipinski definition) is 1. The van der Waals surface area contributed by atoms with Crippen molar-refractivity contribution in [1.29, 1.82) is 0 Å². The normalized spacial score (nSPS) is 12.1. The van der Waals surface area contributed by atoms with E-state index in [2.05, 4.69) is 30.7 Å². The van der Waals surface area contributed by atoms with Crippen molar-refractivity contribution >= 4 is 34.1 Å². The predicted octanol–water partition coefficient (Wildman–Crippen LogP) is 5.34. The minimum Gasteiger partial charge on any atom is -0.316 e. The van der Waals surface area contributed by atoms with Crippen LogP contribution in [0.3, 0.4) is 0 Å². The van der Waals surface area contributed by atoms with Gasteiger partial charge in [-0.1, -0.05) is 49.9 Å². The lowest BCUT2D eigenvalue weighted by atomic mass is 10.2. The summed E-state index contributed by atoms with van der Waals surface area (Å²) in [6, 6.07) is 7.23. The molecule has 0 saturated heterocycles. The smallest absolute Gasteiger partial charge is 0.0731 e. The van der Waals surface area contributed by atoms with Crippen LogP contribution in [-0.2, 0) is 0 Å². The van der Waals surface area contributed by atoms with Crippen LogP contribution in [0.5, 0.6) is 0 Å². The lowest BCUT2D eigenvalue weighted by Crippen LogP contribution is -2.39. The van der Waals surface area contributed by atoms with Crippen molar-refractivity contribution < 1.29 is 0 Å². The summed E-state index contributed by atoms with van der Waals surface area (Å²) in [5.74, 6) is 0. The molecule has 0 spiro atoms. The van der Waals surface area contributed by atoms with Crippen molar-refractivity contribution in [3.63, 3.8) is 0 Å². The Hall–Kier alpha value is -0.870. The zero-order valence-corrected chi connectivity index (χ0v) is 15.7. The summed E-state index contributed by atoms with van der Waals surface area (Å²) in [5, 5.41) is 2.32. The van der Waals surface area contributed by atoms with E-state index in [0.717, 1.165) is 24.0 Å². The largest absolute Gasteiger partial charge is 0.316 e. The Morgan fingerprint density at radius 1 is 1.17 bits per heavy atom. The highest BCUT2D eigenvalue weighted by Gasteiger charge is 2.04. The van der Waals surface area contributed by atoms with Crippen LogP contribution in [-0.4, -0.2) is 29.1 Å². The summed E-state index contributed by atoms with van der Waals surface area (Å²) in [7, 11) is 0. The highest BCUT2D eigenvalue weighted by atomic mass is 35.5. The molecule has 23 heavy (non-hydrogen) atoms. The van der Waals surface area contributed by atoms with Gasteiger partial charge in [-0.25, -0.2) is 0 Å². The minimum atomic E-state index is 0.219. The Kier molecular flexibility index (Phi) is 9.49. The van der Waals surface area contributed by atoms with Gasteiger partial charge < -0.3 is 5.73 Å². The van der Waals surface area contributed by atoms with Crippen LogP contribution in [0.1, 0.15) is 40.0 Å². The third-order valence-corrected chi connectivity index (χ3v) is 4.25. The van der Waals surface area contributed by atoms with Crippen molar-refractivity contribution in [3.8, 4) is 0 Å². The molecule has 0 aliphatic heterocycles. The van der Waals surface area contributed by atoms with Gasteiger partial charge in [0.25, 0.3) is 0 Å². The lowest BCUT2D eigenvalue weighted by Gasteiger charge is -2.24. The van der Waals surface area contributed by atoms with E-state index < -0.39 is 0 Å². The fourth-order valence-electron chi connectivity index (χ4n) is 2.30. The fourth-order valence-corrected chi connectivity index (χ4v) is 2.68. The first-order valence-corrected chi connectivity index (χ1v) is 8.94. The van der Waals surface area contributed by atoms with Crippen molar-refractivity contribution in [2.45, 2.75) is 46.2 Å². The Morgan fingerprint density at radius 2 is 1.91 bits per heavy atom. The highest BCUT2D eigenvalue weighted by molar-refractivity contribution is 6.36. The maximum Gasteiger partial charge on any atom is 0.0731 e. The molecule has 2 rings (SSSR count). The zero-order valence-electron chi connectivity index (χ0n) is 14.2. The van der Waals surface area contributed by atoms with E-state index >= 15 is 0 Å². The summed E-state index contributed by atoms with van der Waals surface area (Å²) in [6.07, 6.45) is 5.78. The quantitative estimate of drug-likeness (QED) is 0.561. The molecule has 0 aliphatic carbocycles. The Balaban J connectivity index is 0.000000232. The number of nitrogens with zero attached hydrogens (tertiary/aromatic N) is 2. The maximum absolute atomic E-state index is 5.93. The monoisotopic (exact) mass is 355 g/mol. The molecule has 3 nitrogen and oxygen atoms in total. The lowest BCUT2D eigenvalue weighted by molar-refractivity contribution is 0.220. The van der Waals surface area contributed by atoms with Gasteiger partial charge in [0.1, 0.15) is 0 Å². The molecule has 0 fully saturated rings. The van der Waals surface area contributed by atoms with Crippen LogP contribution in [0.4, 0.5) is 0 Å². The van der Waals surface area contributed by atoms with Crippen LogP contribution in [0.25, 0.3) is 10.9 Å². The molecule has 1 heterocycles. The van der Waals surface area contributed by atoms with Gasteiger partial charge in [-0.2, -0.15) is 0 Å². The van der Waals surface area contributed by atoms with Crippen LogP contribution < -0.4 is 5.73 Å². The second kappa shape index (κ2) is 10.8. The molecule has 0 bridgehead atoms. The number of hydrogen-bond acceptors (Lipinski definition) is 3. The summed E-state index contributed by atoms with van der Waals surface area (Å²) in [5.41, 5.74) is 6.58. The van der Waals surface area contributed by atoms with Gasteiger partial charge in [0.15, 0.2) is 0 Å². The molecule has 2 aromatic rings. The van der Waals surface area contributed by atoms with E-state index in [0.29, 0.717) is 10.0 Å². The Labute approximate surface area is 149 Å². The SMILES string of the molecule is CCCCCN(CC)C(C)N.Clc1ccc2c(Cl)ccnc2c1. The van der Waals surface area contributed by atoms with Crippen molar-refractivity contribution in [2.24, 2.45) is 5.73 Å². The molecule has 0 saturated carbocycles. The van der Waals surface area contributed by atoms with E-state index in [-0.39, 0.29) is 6.17 Å². The first-order valence-electron chi connectivity index (χ1n) is 8.19. The predicted molar refractivity (Wildman–Crippen MR) is 102 cm³/mol. The Bertz CT molecular complexity index is 587. The first kappa shape index (κ1) is 20.2. The van der Waals surface area contributed by atoms with Crippen LogP contribution in [0.2, 0.25) is 10.0 Å². The number of unbranched alkanes of at least 4 members (excludes halogenated alkanes) is 2. The van der Waals surface area contributed by atoms with Gasteiger partial charge >= 0.3 is 0 Å². The molecule has 5 heteroatoms. The number of benzene rings is 1. The molecule has 1 atom stereocenters. The van der Waals surface area contributed by atoms with Gasteiger partial charge in [0.05, 0.1) is 16.7 Å². The van der Waals surface area contributed by atoms with Crippen LogP contribution in [0.15, 0.2) is 30.5 Å². The number of pyridine rings is 1. The summed E-state index contributed by atoms with van der Waals surface area (Å²) in [4.78, 5) is 6.44. The van der Waals surface area contributed by atoms with Crippen molar-refractivity contribution in [1.82, 2.24) is 9.88 Å². The number of rotatable bonds is 6. The molecule has 0 radical (unpaired) electrons. The average Bonchev–Trinajstić information content (AvgIpc) is 2.52. The van der Waals surface area contributed by atoms with E-state index in [4.69, 9.17) is 28.9 Å². The van der Waals surface area contributed by atoms with Crippen LogP contribution in [0, 0.1) is 0 Å². The van der Waals surface area contributed by atoms with Gasteiger partial charge in [-0.05, 0) is 50.7 Å². The van der Waals surface area contributed by atoms with E-state index in [1.165, 1.54) is 19.3 Å². The third kappa shape index (κ3) is 7.05. The third-order valence-electron chi connectivity index (χ3n) is 3.68. The number of halogens is 2. The Morgan fingerprint density at radius 3 is 2.52 bits per heavy atom. The van der Waals surface area contributed by atoms with E-state index in [9.17, 15) is 0 Å². The zero-order chi connectivity index (χ0) is 17.2. The van der Waals surface area contributed by atoms with Crippen LogP contribution >= 0.6 is 23.2 Å². The first-order chi connectivity index (χ1) is 11.0. The fraction of sp³-hybridized carbons (Fsp3) is 0.500. The standard InChI is InChI=1S/C9H5Cl2N.C9H22N2/c10-6-1-2-7-8(11)3-4-12-9(7)5-6;1-4-6-7-8-11(5-2)9(3)10/h1-5H;9H,4-8,10H2,1-3H3. The maximum atomic E-state index is 5.93. The average molecular weight is 356 g/mol. The van der Waals surface area contributed by atoms with Gasteiger partial charge in [-0.15, -0.1) is 0 Å². The summed E-state index contributed by atoms with van der Waals surface area (Å²) >= 11 is 11.7. The number of nitrogens with two attached hydrogens (primary N) is 1. The molecule has 1 aromatic heterocycles. The van der Waals surface area contributed by atoms with E-state index in [1.807, 2.05) is 6.07 Å². The molecule has 128 valence electrons. The summed E-state index contributed by atoms with van der Waals surface area (Å²) in [6.45, 7) is 8.66. The van der Waals surface area contributed by atoms with E-state index in [1.54, 1.807) is 24.4 Å². The van der Waals surface area contributed by atoms with Gasteiger partial charge in [0.2, 0.25) is 0 Å². The number of aromatic nitrogens is 1. The topological polar surface area (TPSA) is 42.1 Å². The molecule has 1 unspecified atom stereocenters. The second-order valence-electron chi connectivity index (χ2n) is 5.53. The summed E-state index contributed by atoms with van der Waals surface area (Å²) < 4.78 is 0. The minimum absolute atomic E-state index is 0.219. The molecule has 2 N–H and O–H groups in total. The number of fused-ring (bicyclic) bond motifs is 1. The highest BCUT2D eigenvalue weighted by Crippen LogP contribution is 2.23. The molecular weight excluding hydrogens is 329 g/mol. The molecular formula is C18H27Cl2N3. The molecule has 0 amide bonds.